The molecule has 11 heteroatoms. The first kappa shape index (κ1) is 25.7. The van der Waals surface area contributed by atoms with Crippen molar-refractivity contribution >= 4 is 23.6 Å². The summed E-state index contributed by atoms with van der Waals surface area (Å²) in [5, 5.41) is 10.9. The summed E-state index contributed by atoms with van der Waals surface area (Å²) in [5.74, 6) is -0.985. The van der Waals surface area contributed by atoms with Gasteiger partial charge in [0.25, 0.3) is 5.91 Å². The molecule has 2 atom stereocenters. The molecule has 0 saturated carbocycles. The summed E-state index contributed by atoms with van der Waals surface area (Å²) >= 11 is 0. The molecule has 2 aromatic rings. The van der Waals surface area contributed by atoms with Crippen molar-refractivity contribution in [3.63, 3.8) is 0 Å². The van der Waals surface area contributed by atoms with Gasteiger partial charge in [-0.3, -0.25) is 19.2 Å². The second-order valence-corrected chi connectivity index (χ2v) is 8.61. The number of aryl methyl sites for hydroxylation is 1. The van der Waals surface area contributed by atoms with Gasteiger partial charge in [0.05, 0.1) is 18.5 Å². The summed E-state index contributed by atoms with van der Waals surface area (Å²) in [6.07, 6.45) is 3.13. The highest BCUT2D eigenvalue weighted by Crippen LogP contribution is 2.18. The quantitative estimate of drug-likeness (QED) is 0.476. The van der Waals surface area contributed by atoms with Gasteiger partial charge in [0.2, 0.25) is 17.7 Å². The first-order valence-electron chi connectivity index (χ1n) is 11.6. The molecule has 1 aliphatic rings. The zero-order valence-electron chi connectivity index (χ0n) is 20.2. The molecule has 4 amide bonds. The number of hydrogen-bond donors (Lipinski definition) is 4. The number of hydrogen-bond acceptors (Lipinski definition) is 6. The topological polar surface area (TPSA) is 143 Å². The lowest BCUT2D eigenvalue weighted by Gasteiger charge is -2.24. The maximum Gasteiger partial charge on any atom is 0.255 e. The monoisotopic (exact) mass is 484 g/mol. The Morgan fingerprint density at radius 1 is 1.23 bits per heavy atom. The Labute approximate surface area is 204 Å². The van der Waals surface area contributed by atoms with Gasteiger partial charge in [0, 0.05) is 25.5 Å². The number of carbonyl (C=O) groups is 4. The smallest absolute Gasteiger partial charge is 0.255 e. The molecule has 11 nitrogen and oxygen atoms in total. The highest BCUT2D eigenvalue weighted by atomic mass is 16.5. The van der Waals surface area contributed by atoms with Crippen molar-refractivity contribution in [2.24, 2.45) is 5.92 Å². The van der Waals surface area contributed by atoms with Crippen LogP contribution < -0.4 is 26.0 Å². The number of amides is 4. The van der Waals surface area contributed by atoms with E-state index in [-0.39, 0.29) is 43.5 Å². The zero-order valence-corrected chi connectivity index (χ0v) is 20.2. The third-order valence-electron chi connectivity index (χ3n) is 5.64. The van der Waals surface area contributed by atoms with Gasteiger partial charge in [0.15, 0.2) is 0 Å². The van der Waals surface area contributed by atoms with Crippen LogP contribution in [0.4, 0.5) is 0 Å². The number of imidazole rings is 1. The van der Waals surface area contributed by atoms with Crippen molar-refractivity contribution < 1.29 is 23.9 Å². The molecule has 0 spiro atoms. The van der Waals surface area contributed by atoms with E-state index >= 15 is 0 Å². The number of fused-ring (bicyclic) bond motifs is 1. The highest BCUT2D eigenvalue weighted by Gasteiger charge is 2.29. The highest BCUT2D eigenvalue weighted by molar-refractivity contribution is 6.01. The zero-order chi connectivity index (χ0) is 25.4. The number of ether oxygens (including phenoxy) is 1. The summed E-state index contributed by atoms with van der Waals surface area (Å²) in [6.45, 7) is 6.57. The third-order valence-corrected chi connectivity index (χ3v) is 5.64. The average Bonchev–Trinajstić information content (AvgIpc) is 3.23. The van der Waals surface area contributed by atoms with Gasteiger partial charge in [-0.15, -0.1) is 0 Å². The van der Waals surface area contributed by atoms with E-state index in [1.807, 2.05) is 25.3 Å². The van der Waals surface area contributed by atoms with Gasteiger partial charge in [0.1, 0.15) is 30.3 Å². The van der Waals surface area contributed by atoms with Crippen LogP contribution in [0.2, 0.25) is 0 Å². The van der Waals surface area contributed by atoms with Crippen LogP contribution in [0.25, 0.3) is 0 Å². The van der Waals surface area contributed by atoms with Crippen molar-refractivity contribution in [3.05, 3.63) is 48.0 Å². The fourth-order valence-corrected chi connectivity index (χ4v) is 3.69. The van der Waals surface area contributed by atoms with Gasteiger partial charge >= 0.3 is 0 Å². The van der Waals surface area contributed by atoms with Gasteiger partial charge in [-0.1, -0.05) is 26.0 Å². The number of nitrogens with zero attached hydrogens (tertiary/aromatic N) is 2. The van der Waals surface area contributed by atoms with Crippen LogP contribution in [-0.2, 0) is 20.9 Å². The number of rotatable bonds is 5. The van der Waals surface area contributed by atoms with E-state index in [9.17, 15) is 19.2 Å². The van der Waals surface area contributed by atoms with E-state index in [4.69, 9.17) is 4.74 Å². The van der Waals surface area contributed by atoms with Crippen LogP contribution in [0.3, 0.4) is 0 Å². The molecule has 1 aliphatic heterocycles. The van der Waals surface area contributed by atoms with Crippen LogP contribution in [0.1, 0.15) is 36.5 Å². The molecule has 0 unspecified atom stereocenters. The molecule has 0 radical (unpaired) electrons. The van der Waals surface area contributed by atoms with Gasteiger partial charge < -0.3 is 30.6 Å². The van der Waals surface area contributed by atoms with E-state index in [0.717, 1.165) is 5.82 Å². The molecule has 0 bridgehead atoms. The average molecular weight is 485 g/mol. The van der Waals surface area contributed by atoms with Crippen LogP contribution in [0.15, 0.2) is 36.7 Å². The largest absolute Gasteiger partial charge is 0.491 e. The first-order chi connectivity index (χ1) is 16.8. The molecular weight excluding hydrogens is 452 g/mol. The summed E-state index contributed by atoms with van der Waals surface area (Å²) < 4.78 is 7.58. The number of nitrogens with one attached hydrogen (secondary N) is 4. The number of aromatic nitrogens is 2. The van der Waals surface area contributed by atoms with Crippen molar-refractivity contribution in [2.75, 3.05) is 19.7 Å². The minimum absolute atomic E-state index is 0.131. The Morgan fingerprint density at radius 3 is 2.71 bits per heavy atom. The number of benzene rings is 1. The molecule has 0 fully saturated rings. The molecular formula is C24H32N6O5. The molecule has 4 N–H and O–H groups in total. The second-order valence-electron chi connectivity index (χ2n) is 8.61. The lowest BCUT2D eigenvalue weighted by atomic mass is 10.0. The minimum atomic E-state index is -1.15. The van der Waals surface area contributed by atoms with Crippen LogP contribution in [0.5, 0.6) is 5.75 Å². The van der Waals surface area contributed by atoms with Crippen molar-refractivity contribution in [2.45, 2.75) is 45.8 Å². The third kappa shape index (κ3) is 7.05. The van der Waals surface area contributed by atoms with E-state index < -0.39 is 29.8 Å². The summed E-state index contributed by atoms with van der Waals surface area (Å²) in [7, 11) is 0. The molecule has 1 aromatic carbocycles. The molecule has 188 valence electrons. The first-order valence-corrected chi connectivity index (χ1v) is 11.6. The van der Waals surface area contributed by atoms with Crippen molar-refractivity contribution in [1.82, 2.24) is 30.8 Å². The Balaban J connectivity index is 1.80. The Kier molecular flexibility index (Phi) is 8.82. The summed E-state index contributed by atoms with van der Waals surface area (Å²) in [6, 6.07) is 4.66. The lowest BCUT2D eigenvalue weighted by molar-refractivity contribution is -0.131. The van der Waals surface area contributed by atoms with E-state index in [1.165, 1.54) is 0 Å². The fourth-order valence-electron chi connectivity index (χ4n) is 3.69. The van der Waals surface area contributed by atoms with Crippen LogP contribution in [0, 0.1) is 12.8 Å². The second kappa shape index (κ2) is 12.0. The van der Waals surface area contributed by atoms with Gasteiger partial charge in [-0.05, 0) is 25.0 Å². The normalized spacial score (nSPS) is 19.5. The Bertz CT molecular complexity index is 1070. The summed E-state index contributed by atoms with van der Waals surface area (Å²) in [5.41, 5.74) is 0.225. The van der Waals surface area contributed by atoms with E-state index in [1.54, 1.807) is 36.7 Å². The SMILES string of the molecule is Cc1nccn1CCNC(=O)[C@@H]1CC(=O)N[C@H](C(C)C)C(=O)NCCOc2ccccc2C(=O)N1. The standard InChI is InChI=1S/C24H32N6O5/c1-15(2)21-24(34)27-10-13-35-19-7-5-4-6-17(19)22(32)28-18(14-20(31)29-21)23(33)26-9-12-30-11-8-25-16(30)3/h4-8,11,15,18,21H,9-10,12-14H2,1-3H3,(H,26,33)(H,27,34)(H,28,32)(H,29,31)/t18-,21+/m0/s1. The molecule has 2 heterocycles. The molecule has 3 rings (SSSR count). The lowest BCUT2D eigenvalue weighted by Crippen LogP contribution is -2.54. The summed E-state index contributed by atoms with van der Waals surface area (Å²) in [4.78, 5) is 55.6. The van der Waals surface area contributed by atoms with Crippen LogP contribution >= 0.6 is 0 Å². The Hall–Kier alpha value is -3.89. The number of carbonyl (C=O) groups excluding carboxylic acids is 4. The van der Waals surface area contributed by atoms with Crippen molar-refractivity contribution in [3.8, 4) is 5.75 Å². The molecule has 0 aliphatic carbocycles. The van der Waals surface area contributed by atoms with Crippen LogP contribution in [-0.4, -0.2) is 65.0 Å². The molecule has 35 heavy (non-hydrogen) atoms. The molecule has 0 saturated heterocycles. The predicted octanol–water partition coefficient (Wildman–Crippen LogP) is 0.146. The Morgan fingerprint density at radius 2 is 2.00 bits per heavy atom. The van der Waals surface area contributed by atoms with Crippen molar-refractivity contribution in [1.29, 1.82) is 0 Å². The van der Waals surface area contributed by atoms with E-state index in [2.05, 4.69) is 26.3 Å². The predicted molar refractivity (Wildman–Crippen MR) is 128 cm³/mol. The maximum absolute atomic E-state index is 13.0. The minimum Gasteiger partial charge on any atom is -0.491 e. The van der Waals surface area contributed by atoms with Gasteiger partial charge in [-0.25, -0.2) is 4.98 Å². The molecule has 1 aromatic heterocycles. The fraction of sp³-hybridized carbons (Fsp3) is 0.458. The van der Waals surface area contributed by atoms with Gasteiger partial charge in [-0.2, -0.15) is 0 Å². The maximum atomic E-state index is 13.0. The number of para-hydroxylation sites is 1. The van der Waals surface area contributed by atoms with E-state index in [0.29, 0.717) is 12.3 Å².